The first-order valence-corrected chi connectivity index (χ1v) is 6.83. The molecule has 0 aliphatic carbocycles. The van der Waals surface area contributed by atoms with Crippen molar-refractivity contribution in [3.63, 3.8) is 0 Å². The molecule has 1 atom stereocenters. The minimum absolute atomic E-state index is 0.120. The number of carbonyl (C=O) groups is 1. The second-order valence-electron chi connectivity index (χ2n) is 5.43. The van der Waals surface area contributed by atoms with Gasteiger partial charge in [0.1, 0.15) is 17.9 Å². The molecule has 1 aromatic carbocycles. The van der Waals surface area contributed by atoms with Crippen molar-refractivity contribution in [2.24, 2.45) is 0 Å². The first-order valence-electron chi connectivity index (χ1n) is 6.83. The summed E-state index contributed by atoms with van der Waals surface area (Å²) in [5.74, 6) is 1.58. The summed E-state index contributed by atoms with van der Waals surface area (Å²) in [6, 6.07) is 5.42. The molecule has 0 bridgehead atoms. The van der Waals surface area contributed by atoms with Gasteiger partial charge in [-0.1, -0.05) is 0 Å². The van der Waals surface area contributed by atoms with Crippen LogP contribution in [0.25, 0.3) is 0 Å². The zero-order valence-corrected chi connectivity index (χ0v) is 12.8. The standard InChI is InChI=1S/C15H21NO5/c1-10(2)16-15(3,14(17)18-4)8-19-11-5-6-12-13(7-11)21-9-20-12/h5-7,10,16H,8-9H2,1-4H3. The molecular weight excluding hydrogens is 274 g/mol. The largest absolute Gasteiger partial charge is 0.491 e. The van der Waals surface area contributed by atoms with E-state index in [0.717, 1.165) is 0 Å². The first kappa shape index (κ1) is 15.4. The topological polar surface area (TPSA) is 66.0 Å². The van der Waals surface area contributed by atoms with E-state index in [1.165, 1.54) is 7.11 Å². The first-order chi connectivity index (χ1) is 9.94. The van der Waals surface area contributed by atoms with Crippen LogP contribution in [0.5, 0.6) is 17.2 Å². The highest BCUT2D eigenvalue weighted by Gasteiger charge is 2.36. The number of rotatable bonds is 6. The Morgan fingerprint density at radius 1 is 1.38 bits per heavy atom. The maximum Gasteiger partial charge on any atom is 0.329 e. The van der Waals surface area contributed by atoms with Gasteiger partial charge in [-0.3, -0.25) is 5.32 Å². The lowest BCUT2D eigenvalue weighted by Gasteiger charge is -2.30. The quantitative estimate of drug-likeness (QED) is 0.806. The predicted octanol–water partition coefficient (Wildman–Crippen LogP) is 1.72. The van der Waals surface area contributed by atoms with E-state index in [1.54, 1.807) is 25.1 Å². The number of carbonyl (C=O) groups excluding carboxylic acids is 1. The Kier molecular flexibility index (Phi) is 4.57. The summed E-state index contributed by atoms with van der Waals surface area (Å²) in [6.45, 7) is 6.04. The maximum absolute atomic E-state index is 12.0. The van der Waals surface area contributed by atoms with Crippen molar-refractivity contribution in [1.29, 1.82) is 0 Å². The molecule has 0 saturated heterocycles. The maximum atomic E-state index is 12.0. The fraction of sp³-hybridized carbons (Fsp3) is 0.533. The molecule has 0 radical (unpaired) electrons. The summed E-state index contributed by atoms with van der Waals surface area (Å²) < 4.78 is 21.1. The number of methoxy groups -OCH3 is 1. The number of nitrogens with one attached hydrogen (secondary N) is 1. The van der Waals surface area contributed by atoms with E-state index in [9.17, 15) is 4.79 Å². The van der Waals surface area contributed by atoms with E-state index in [-0.39, 0.29) is 25.4 Å². The van der Waals surface area contributed by atoms with Crippen molar-refractivity contribution in [2.45, 2.75) is 32.4 Å². The number of hydrogen-bond donors (Lipinski definition) is 1. The Morgan fingerprint density at radius 3 is 2.76 bits per heavy atom. The molecule has 116 valence electrons. The normalized spacial score (nSPS) is 15.7. The van der Waals surface area contributed by atoms with Gasteiger partial charge < -0.3 is 18.9 Å². The molecule has 21 heavy (non-hydrogen) atoms. The van der Waals surface area contributed by atoms with Gasteiger partial charge in [0.15, 0.2) is 11.5 Å². The molecule has 1 unspecified atom stereocenters. The molecule has 0 spiro atoms. The van der Waals surface area contributed by atoms with Crippen LogP contribution >= 0.6 is 0 Å². The SMILES string of the molecule is COC(=O)C(C)(COc1ccc2c(c1)OCO2)NC(C)C. The second-order valence-corrected chi connectivity index (χ2v) is 5.43. The number of hydrogen-bond acceptors (Lipinski definition) is 6. The van der Waals surface area contributed by atoms with Crippen LogP contribution in [-0.2, 0) is 9.53 Å². The zero-order valence-electron chi connectivity index (χ0n) is 12.8. The molecule has 1 aromatic rings. The van der Waals surface area contributed by atoms with E-state index in [2.05, 4.69) is 5.32 Å². The van der Waals surface area contributed by atoms with E-state index in [0.29, 0.717) is 17.2 Å². The van der Waals surface area contributed by atoms with Crippen LogP contribution in [0.3, 0.4) is 0 Å². The van der Waals surface area contributed by atoms with Crippen LogP contribution in [0.15, 0.2) is 18.2 Å². The Bertz CT molecular complexity index is 517. The van der Waals surface area contributed by atoms with Crippen LogP contribution in [0.1, 0.15) is 20.8 Å². The summed E-state index contributed by atoms with van der Waals surface area (Å²) in [5, 5.41) is 3.17. The van der Waals surface area contributed by atoms with Gasteiger partial charge in [0.2, 0.25) is 6.79 Å². The van der Waals surface area contributed by atoms with Gasteiger partial charge in [0, 0.05) is 12.1 Å². The average Bonchev–Trinajstić information content (AvgIpc) is 2.91. The predicted molar refractivity (Wildman–Crippen MR) is 76.8 cm³/mol. The summed E-state index contributed by atoms with van der Waals surface area (Å²) in [7, 11) is 1.36. The third-order valence-electron chi connectivity index (χ3n) is 3.11. The third kappa shape index (κ3) is 3.58. The van der Waals surface area contributed by atoms with Crippen LogP contribution < -0.4 is 19.5 Å². The van der Waals surface area contributed by atoms with Crippen molar-refractivity contribution >= 4 is 5.97 Å². The summed E-state index contributed by atoms with van der Waals surface area (Å²) in [4.78, 5) is 12.0. The highest BCUT2D eigenvalue weighted by atomic mass is 16.7. The van der Waals surface area contributed by atoms with Gasteiger partial charge >= 0.3 is 5.97 Å². The van der Waals surface area contributed by atoms with E-state index in [4.69, 9.17) is 18.9 Å². The van der Waals surface area contributed by atoms with E-state index >= 15 is 0 Å². The average molecular weight is 295 g/mol. The minimum Gasteiger partial charge on any atom is -0.491 e. The van der Waals surface area contributed by atoms with Gasteiger partial charge in [-0.25, -0.2) is 4.79 Å². The molecule has 1 aliphatic rings. The Morgan fingerprint density at radius 2 is 2.10 bits per heavy atom. The van der Waals surface area contributed by atoms with E-state index in [1.807, 2.05) is 13.8 Å². The molecule has 0 saturated carbocycles. The highest BCUT2D eigenvalue weighted by Crippen LogP contribution is 2.35. The lowest BCUT2D eigenvalue weighted by molar-refractivity contribution is -0.149. The number of ether oxygens (including phenoxy) is 4. The Hall–Kier alpha value is -1.95. The fourth-order valence-corrected chi connectivity index (χ4v) is 2.22. The summed E-state index contributed by atoms with van der Waals surface area (Å²) in [6.07, 6.45) is 0. The van der Waals surface area contributed by atoms with Crippen LogP contribution in [-0.4, -0.2) is 38.1 Å². The number of benzene rings is 1. The molecule has 0 aromatic heterocycles. The van der Waals surface area contributed by atoms with Gasteiger partial charge in [0.25, 0.3) is 0 Å². The van der Waals surface area contributed by atoms with E-state index < -0.39 is 5.54 Å². The van der Waals surface area contributed by atoms with Crippen molar-refractivity contribution < 1.29 is 23.7 Å². The second kappa shape index (κ2) is 6.22. The molecule has 1 aliphatic heterocycles. The van der Waals surface area contributed by atoms with Crippen molar-refractivity contribution in [3.05, 3.63) is 18.2 Å². The minimum atomic E-state index is -0.917. The van der Waals surface area contributed by atoms with Crippen molar-refractivity contribution in [1.82, 2.24) is 5.32 Å². The Balaban J connectivity index is 2.06. The smallest absolute Gasteiger partial charge is 0.329 e. The van der Waals surface area contributed by atoms with Crippen LogP contribution in [0.4, 0.5) is 0 Å². The number of fused-ring (bicyclic) bond motifs is 1. The highest BCUT2D eigenvalue weighted by molar-refractivity contribution is 5.80. The summed E-state index contributed by atoms with van der Waals surface area (Å²) in [5.41, 5.74) is -0.917. The molecule has 1 N–H and O–H groups in total. The van der Waals surface area contributed by atoms with Crippen molar-refractivity contribution in [3.8, 4) is 17.2 Å². The molecule has 1 heterocycles. The zero-order chi connectivity index (χ0) is 15.5. The molecular formula is C15H21NO5. The molecule has 0 amide bonds. The van der Waals surface area contributed by atoms with Gasteiger partial charge in [-0.05, 0) is 32.9 Å². The molecule has 2 rings (SSSR count). The summed E-state index contributed by atoms with van der Waals surface area (Å²) >= 11 is 0. The van der Waals surface area contributed by atoms with Crippen LogP contribution in [0.2, 0.25) is 0 Å². The van der Waals surface area contributed by atoms with Gasteiger partial charge in [0.05, 0.1) is 7.11 Å². The van der Waals surface area contributed by atoms with Gasteiger partial charge in [-0.15, -0.1) is 0 Å². The van der Waals surface area contributed by atoms with Crippen molar-refractivity contribution in [2.75, 3.05) is 20.5 Å². The molecule has 6 heteroatoms. The lowest BCUT2D eigenvalue weighted by Crippen LogP contribution is -2.56. The fourth-order valence-electron chi connectivity index (χ4n) is 2.22. The lowest BCUT2D eigenvalue weighted by atomic mass is 10.0. The van der Waals surface area contributed by atoms with Gasteiger partial charge in [-0.2, -0.15) is 0 Å². The number of esters is 1. The molecule has 0 fully saturated rings. The Labute approximate surface area is 124 Å². The molecule has 6 nitrogen and oxygen atoms in total. The monoisotopic (exact) mass is 295 g/mol. The third-order valence-corrected chi connectivity index (χ3v) is 3.11. The van der Waals surface area contributed by atoms with Crippen LogP contribution in [0, 0.1) is 0 Å².